The summed E-state index contributed by atoms with van der Waals surface area (Å²) in [5, 5.41) is 11.6. The molecule has 0 spiro atoms. The number of hydrogen-bond acceptors (Lipinski definition) is 2. The van der Waals surface area contributed by atoms with Crippen LogP contribution in [0.1, 0.15) is 25.7 Å². The molecule has 48 heavy (non-hydrogen) atoms. The highest BCUT2D eigenvalue weighted by atomic mass is 31.1. The molecule has 3 aliphatic rings. The first kappa shape index (κ1) is 33.2. The fraction of sp³-hybridized carbons (Fsp3) is 0.143. The van der Waals surface area contributed by atoms with Gasteiger partial charge < -0.3 is 10.6 Å². The van der Waals surface area contributed by atoms with E-state index in [-0.39, 0.29) is 23.9 Å². The van der Waals surface area contributed by atoms with Gasteiger partial charge in [0.05, 0.1) is 11.8 Å². The van der Waals surface area contributed by atoms with Gasteiger partial charge in [-0.05, 0) is 88.4 Å². The second kappa shape index (κ2) is 15.9. The summed E-state index contributed by atoms with van der Waals surface area (Å²) >= 11 is 0. The molecule has 2 N–H and O–H groups in total. The van der Waals surface area contributed by atoms with Crippen LogP contribution in [0.15, 0.2) is 121 Å². The summed E-state index contributed by atoms with van der Waals surface area (Å²) in [6.07, 6.45) is 15.7. The molecule has 238 valence electrons. The van der Waals surface area contributed by atoms with E-state index in [9.17, 15) is 9.59 Å². The van der Waals surface area contributed by atoms with Gasteiger partial charge in [0.15, 0.2) is 0 Å². The molecule has 3 fully saturated rings. The van der Waals surface area contributed by atoms with Gasteiger partial charge in [0.1, 0.15) is 0 Å². The smallest absolute Gasteiger partial charge is 0.228 e. The quantitative estimate of drug-likeness (QED) is 0.197. The zero-order chi connectivity index (χ0) is 32.7. The number of carbonyl (C=O) groups is 2. The Hall–Kier alpha value is -3.32. The van der Waals surface area contributed by atoms with E-state index in [4.69, 9.17) is 0 Å². The Labute approximate surface area is 289 Å². The lowest BCUT2D eigenvalue weighted by Gasteiger charge is -2.36. The van der Waals surface area contributed by atoms with Gasteiger partial charge in [-0.1, -0.05) is 134 Å². The molecule has 2 atom stereocenters. The third-order valence-electron chi connectivity index (χ3n) is 9.01. The summed E-state index contributed by atoms with van der Waals surface area (Å²) in [4.78, 5) is 28.1. The van der Waals surface area contributed by atoms with Crippen LogP contribution in [-0.2, 0) is 9.59 Å². The van der Waals surface area contributed by atoms with Gasteiger partial charge in [0.25, 0.3) is 0 Å². The van der Waals surface area contributed by atoms with Crippen molar-refractivity contribution in [2.24, 2.45) is 0 Å². The maximum atomic E-state index is 14.1. The van der Waals surface area contributed by atoms with E-state index in [2.05, 4.69) is 121 Å². The Bertz CT molecular complexity index is 1420. The topological polar surface area (TPSA) is 58.2 Å². The molecule has 4 nitrogen and oxygen atoms in total. The zero-order valence-electron chi connectivity index (χ0n) is 26.7. The Balaban J connectivity index is 1.06. The van der Waals surface area contributed by atoms with Crippen LogP contribution in [-0.4, -0.2) is 23.9 Å². The Kier molecular flexibility index (Phi) is 11.0. The van der Waals surface area contributed by atoms with Crippen LogP contribution in [0.5, 0.6) is 0 Å². The van der Waals surface area contributed by atoms with Crippen LogP contribution in [0.3, 0.4) is 0 Å². The average Bonchev–Trinajstić information content (AvgIpc) is 3.82. The summed E-state index contributed by atoms with van der Waals surface area (Å²) in [5.74, 6) is 1.26. The highest BCUT2D eigenvalue weighted by molar-refractivity contribution is 7.76. The summed E-state index contributed by atoms with van der Waals surface area (Å²) < 4.78 is 0. The molecular formula is C42H38N2O2P2. The Morgan fingerprint density at radius 2 is 0.771 bits per heavy atom. The fourth-order valence-corrected chi connectivity index (χ4v) is 11.6. The predicted octanol–water partition coefficient (Wildman–Crippen LogP) is 6.26. The molecular weight excluding hydrogens is 626 g/mol. The second-order valence-corrected chi connectivity index (χ2v) is 16.5. The van der Waals surface area contributed by atoms with E-state index < -0.39 is 15.8 Å². The molecule has 3 saturated carbocycles. The highest BCUT2D eigenvalue weighted by Gasteiger charge is 2.44. The van der Waals surface area contributed by atoms with E-state index in [1.54, 1.807) is 0 Å². The molecule has 10 radical (unpaired) electrons. The molecule has 0 bridgehead atoms. The number of benzene rings is 4. The van der Waals surface area contributed by atoms with Gasteiger partial charge >= 0.3 is 0 Å². The van der Waals surface area contributed by atoms with Gasteiger partial charge in [-0.25, -0.2) is 0 Å². The van der Waals surface area contributed by atoms with E-state index in [0.29, 0.717) is 11.8 Å². The first-order chi connectivity index (χ1) is 23.7. The molecule has 0 aromatic heterocycles. The molecule has 6 heteroatoms. The van der Waals surface area contributed by atoms with Gasteiger partial charge in [-0.15, -0.1) is 0 Å². The van der Waals surface area contributed by atoms with Crippen molar-refractivity contribution in [1.29, 1.82) is 0 Å². The fourth-order valence-electron chi connectivity index (χ4n) is 6.73. The largest absolute Gasteiger partial charge is 0.351 e. The Morgan fingerprint density at radius 3 is 1.08 bits per heavy atom. The van der Waals surface area contributed by atoms with Gasteiger partial charge in [-0.3, -0.25) is 9.59 Å². The maximum Gasteiger partial charge on any atom is 0.228 e. The molecule has 4 aromatic carbocycles. The third kappa shape index (κ3) is 7.46. The van der Waals surface area contributed by atoms with Crippen LogP contribution in [0.2, 0.25) is 0 Å². The van der Waals surface area contributed by atoms with Gasteiger partial charge in [0.2, 0.25) is 11.8 Å². The number of nitrogens with one attached hydrogen (secondary N) is 2. The normalized spacial score (nSPS) is 21.1. The van der Waals surface area contributed by atoms with E-state index in [0.717, 1.165) is 37.0 Å². The number of amides is 2. The van der Waals surface area contributed by atoms with Crippen LogP contribution in [0, 0.1) is 61.7 Å². The van der Waals surface area contributed by atoms with E-state index in [1.807, 2.05) is 49.9 Å². The summed E-state index contributed by atoms with van der Waals surface area (Å²) in [6.45, 7) is 0. The highest BCUT2D eigenvalue weighted by Crippen LogP contribution is 2.57. The SMILES string of the molecule is O=C(N[C@H]1CCCC[C@@H]1NC(=O)[C]1[CH][CH][CH][C]1P(c1ccccc1)c1ccccc1)[C]1[CH][CH][CH][C]1P(c1ccccc1)c1ccccc1. The monoisotopic (exact) mass is 664 g/mol. The summed E-state index contributed by atoms with van der Waals surface area (Å²) in [6, 6.07) is 41.5. The number of rotatable bonds is 10. The van der Waals surface area contributed by atoms with E-state index in [1.165, 1.54) is 21.2 Å². The minimum atomic E-state index is -0.913. The molecule has 0 heterocycles. The minimum absolute atomic E-state index is 0.0776. The lowest BCUT2D eigenvalue weighted by atomic mass is 9.89. The minimum Gasteiger partial charge on any atom is -0.351 e. The first-order valence-corrected chi connectivity index (χ1v) is 19.3. The summed E-state index contributed by atoms with van der Waals surface area (Å²) in [5.41, 5.74) is 2.10. The standard InChI is InChI=1S/C42H38N2O2P2/c45-41(35-25-15-29-39(35)47(31-17-5-1-6-18-31)32-19-7-2-8-20-32)43-37-27-13-14-28-38(37)44-42(46)36-26-16-30-40(36)48(33-21-9-3-10-22-33)34-23-11-4-12-24-34/h1-12,15-26,29-30,37-38H,13-14,27-28H2,(H,43,45)(H,44,46)/t37-,38-/m0/s1. The molecule has 4 aromatic rings. The molecule has 0 saturated heterocycles. The van der Waals surface area contributed by atoms with Gasteiger partial charge in [-0.2, -0.15) is 0 Å². The van der Waals surface area contributed by atoms with Crippen molar-refractivity contribution >= 4 is 48.9 Å². The van der Waals surface area contributed by atoms with Crippen molar-refractivity contribution in [2.75, 3.05) is 0 Å². The van der Waals surface area contributed by atoms with Crippen molar-refractivity contribution in [3.05, 3.63) is 183 Å². The molecule has 0 aliphatic heterocycles. The van der Waals surface area contributed by atoms with Crippen molar-refractivity contribution in [1.82, 2.24) is 10.6 Å². The molecule has 2 amide bonds. The first-order valence-electron chi connectivity index (χ1n) is 16.6. The van der Waals surface area contributed by atoms with Crippen LogP contribution in [0.25, 0.3) is 0 Å². The predicted molar refractivity (Wildman–Crippen MR) is 199 cm³/mol. The van der Waals surface area contributed by atoms with Crippen molar-refractivity contribution < 1.29 is 9.59 Å². The van der Waals surface area contributed by atoms with Crippen LogP contribution < -0.4 is 31.9 Å². The van der Waals surface area contributed by atoms with E-state index >= 15 is 0 Å². The maximum absolute atomic E-state index is 14.1. The van der Waals surface area contributed by atoms with Crippen molar-refractivity contribution in [2.45, 2.75) is 37.8 Å². The van der Waals surface area contributed by atoms with Crippen molar-refractivity contribution in [3.8, 4) is 0 Å². The van der Waals surface area contributed by atoms with Crippen molar-refractivity contribution in [3.63, 3.8) is 0 Å². The second-order valence-electron chi connectivity index (χ2n) is 12.1. The zero-order valence-corrected chi connectivity index (χ0v) is 28.5. The van der Waals surface area contributed by atoms with Crippen LogP contribution in [0.4, 0.5) is 0 Å². The lowest BCUT2D eigenvalue weighted by Crippen LogP contribution is -2.55. The molecule has 0 unspecified atom stereocenters. The van der Waals surface area contributed by atoms with Crippen LogP contribution >= 0.6 is 15.8 Å². The van der Waals surface area contributed by atoms with Gasteiger partial charge in [0, 0.05) is 23.4 Å². The Morgan fingerprint density at radius 1 is 0.458 bits per heavy atom. The summed E-state index contributed by atoms with van der Waals surface area (Å²) in [7, 11) is -1.83. The number of carbonyl (C=O) groups excluding carboxylic acids is 2. The average molecular weight is 665 g/mol. The third-order valence-corrected chi connectivity index (χ3v) is 14.0. The molecule has 7 rings (SSSR count). The molecule has 3 aliphatic carbocycles. The number of hydrogen-bond donors (Lipinski definition) is 2. The lowest BCUT2D eigenvalue weighted by molar-refractivity contribution is -0.122.